The SMILES string of the molecule is C1CCOC1.[CH2-]Cc1ccccc1.[Cl-].[Mg+2]. The van der Waals surface area contributed by atoms with E-state index in [0.717, 1.165) is 19.6 Å². The van der Waals surface area contributed by atoms with E-state index >= 15 is 0 Å². The van der Waals surface area contributed by atoms with Gasteiger partial charge >= 0.3 is 23.1 Å². The van der Waals surface area contributed by atoms with E-state index in [1.807, 2.05) is 18.2 Å². The van der Waals surface area contributed by atoms with Crippen molar-refractivity contribution in [2.24, 2.45) is 0 Å². The number of halogens is 1. The molecule has 3 heteroatoms. The number of hydrogen-bond donors (Lipinski definition) is 0. The smallest absolute Gasteiger partial charge is 1.00 e. The zero-order valence-electron chi connectivity index (χ0n) is 9.12. The average molecular weight is 237 g/mol. The van der Waals surface area contributed by atoms with Crippen LogP contribution < -0.4 is 12.4 Å². The van der Waals surface area contributed by atoms with Crippen molar-refractivity contribution < 1.29 is 17.1 Å². The zero-order valence-corrected chi connectivity index (χ0v) is 11.3. The maximum absolute atomic E-state index is 4.94. The zero-order chi connectivity index (χ0) is 9.36. The van der Waals surface area contributed by atoms with Crippen LogP contribution in [-0.2, 0) is 11.2 Å². The van der Waals surface area contributed by atoms with Crippen LogP contribution >= 0.6 is 0 Å². The van der Waals surface area contributed by atoms with Gasteiger partial charge in [0.15, 0.2) is 0 Å². The molecular formula is C12H17ClMgO. The Balaban J connectivity index is 0. The Morgan fingerprint density at radius 1 is 1.07 bits per heavy atom. The van der Waals surface area contributed by atoms with Gasteiger partial charge in [-0.15, -0.1) is 0 Å². The molecule has 0 unspecified atom stereocenters. The first-order valence-corrected chi connectivity index (χ1v) is 4.84. The summed E-state index contributed by atoms with van der Waals surface area (Å²) in [6.07, 6.45) is 3.45. The van der Waals surface area contributed by atoms with Crippen molar-refractivity contribution in [1.29, 1.82) is 0 Å². The van der Waals surface area contributed by atoms with Gasteiger partial charge in [-0.05, 0) is 12.8 Å². The predicted octanol–water partition coefficient (Wildman–Crippen LogP) is -0.517. The number of ether oxygens (including phenoxy) is 1. The van der Waals surface area contributed by atoms with Crippen LogP contribution in [0.2, 0.25) is 0 Å². The van der Waals surface area contributed by atoms with Crippen molar-refractivity contribution in [2.75, 3.05) is 13.2 Å². The molecule has 0 saturated carbocycles. The predicted molar refractivity (Wildman–Crippen MR) is 61.3 cm³/mol. The Bertz CT molecular complexity index is 205. The molecule has 1 aliphatic heterocycles. The summed E-state index contributed by atoms with van der Waals surface area (Å²) in [6, 6.07) is 10.2. The molecule has 0 atom stereocenters. The topological polar surface area (TPSA) is 9.23 Å². The Morgan fingerprint density at radius 3 is 1.87 bits per heavy atom. The first-order valence-electron chi connectivity index (χ1n) is 4.84. The normalized spacial score (nSPS) is 12.9. The Labute approximate surface area is 115 Å². The van der Waals surface area contributed by atoms with Crippen molar-refractivity contribution in [1.82, 2.24) is 0 Å². The molecule has 0 radical (unpaired) electrons. The first kappa shape index (κ1) is 17.6. The van der Waals surface area contributed by atoms with E-state index in [1.54, 1.807) is 0 Å². The van der Waals surface area contributed by atoms with Gasteiger partial charge in [-0.2, -0.15) is 6.42 Å². The summed E-state index contributed by atoms with van der Waals surface area (Å²) in [7, 11) is 0. The summed E-state index contributed by atoms with van der Waals surface area (Å²) in [5.41, 5.74) is 1.30. The van der Waals surface area contributed by atoms with E-state index in [4.69, 9.17) is 4.74 Å². The third kappa shape index (κ3) is 9.18. The summed E-state index contributed by atoms with van der Waals surface area (Å²) in [5.74, 6) is 0. The maximum Gasteiger partial charge on any atom is 2.00 e. The van der Waals surface area contributed by atoms with Crippen molar-refractivity contribution in [3.05, 3.63) is 42.8 Å². The van der Waals surface area contributed by atoms with Crippen LogP contribution in [0.1, 0.15) is 18.4 Å². The Morgan fingerprint density at radius 2 is 1.60 bits per heavy atom. The fourth-order valence-electron chi connectivity index (χ4n) is 1.15. The van der Waals surface area contributed by atoms with Crippen LogP contribution in [-0.4, -0.2) is 36.3 Å². The molecule has 0 amide bonds. The van der Waals surface area contributed by atoms with Crippen molar-refractivity contribution in [2.45, 2.75) is 19.3 Å². The van der Waals surface area contributed by atoms with Gasteiger partial charge in [-0.25, -0.2) is 0 Å². The largest absolute Gasteiger partial charge is 2.00 e. The Hall–Kier alpha value is 0.236. The molecule has 1 aromatic carbocycles. The van der Waals surface area contributed by atoms with Crippen LogP contribution in [0.3, 0.4) is 0 Å². The minimum atomic E-state index is 0. The van der Waals surface area contributed by atoms with Gasteiger partial charge in [0.05, 0.1) is 0 Å². The fraction of sp³-hybridized carbons (Fsp3) is 0.417. The summed E-state index contributed by atoms with van der Waals surface area (Å²) in [6.45, 7) is 5.76. The molecule has 1 aliphatic rings. The molecule has 1 heterocycles. The number of hydrogen-bond acceptors (Lipinski definition) is 1. The molecule has 0 spiro atoms. The van der Waals surface area contributed by atoms with E-state index < -0.39 is 0 Å². The molecule has 0 N–H and O–H groups in total. The van der Waals surface area contributed by atoms with Crippen molar-refractivity contribution in [3.8, 4) is 0 Å². The maximum atomic E-state index is 4.94. The molecule has 0 bridgehead atoms. The molecule has 15 heavy (non-hydrogen) atoms. The van der Waals surface area contributed by atoms with Gasteiger partial charge in [-0.1, -0.05) is 35.9 Å². The molecule has 1 nitrogen and oxygen atoms in total. The average Bonchev–Trinajstić information content (AvgIpc) is 2.77. The molecular weight excluding hydrogens is 220 g/mol. The second-order valence-corrected chi connectivity index (χ2v) is 3.06. The van der Waals surface area contributed by atoms with E-state index in [0.29, 0.717) is 0 Å². The van der Waals surface area contributed by atoms with Crippen LogP contribution in [0.15, 0.2) is 30.3 Å². The second-order valence-electron chi connectivity index (χ2n) is 3.06. The fourth-order valence-corrected chi connectivity index (χ4v) is 1.15. The molecule has 1 aromatic rings. The van der Waals surface area contributed by atoms with Gasteiger partial charge in [0, 0.05) is 13.2 Å². The molecule has 2 rings (SSSR count). The van der Waals surface area contributed by atoms with Crippen LogP contribution in [0, 0.1) is 6.92 Å². The molecule has 0 aromatic heterocycles. The standard InChI is InChI=1S/C8H9.C4H8O.ClH.Mg/c1-2-8-6-4-3-5-7-8;1-2-4-5-3-1;;/h3-7H,1-2H2;1-4H2;1H;/q-1;;;+2/p-1. The number of rotatable bonds is 1. The molecule has 0 aliphatic carbocycles. The summed E-state index contributed by atoms with van der Waals surface area (Å²) >= 11 is 0. The van der Waals surface area contributed by atoms with E-state index in [2.05, 4.69) is 19.1 Å². The third-order valence-electron chi connectivity index (χ3n) is 1.96. The monoisotopic (exact) mass is 236 g/mol. The Kier molecular flexibility index (Phi) is 14.5. The van der Waals surface area contributed by atoms with Gasteiger partial charge in [0.2, 0.25) is 0 Å². The molecule has 1 saturated heterocycles. The van der Waals surface area contributed by atoms with Gasteiger partial charge in [0.25, 0.3) is 0 Å². The van der Waals surface area contributed by atoms with E-state index in [-0.39, 0.29) is 35.5 Å². The van der Waals surface area contributed by atoms with Gasteiger partial charge in [-0.3, -0.25) is 0 Å². The van der Waals surface area contributed by atoms with Crippen LogP contribution in [0.4, 0.5) is 0 Å². The van der Waals surface area contributed by atoms with Crippen molar-refractivity contribution in [3.63, 3.8) is 0 Å². The molecule has 1 fully saturated rings. The van der Waals surface area contributed by atoms with E-state index in [1.165, 1.54) is 18.4 Å². The van der Waals surface area contributed by atoms with Gasteiger partial charge < -0.3 is 24.1 Å². The van der Waals surface area contributed by atoms with Crippen molar-refractivity contribution >= 4 is 23.1 Å². The molecule has 80 valence electrons. The summed E-state index contributed by atoms with van der Waals surface area (Å²) in [4.78, 5) is 0. The minimum absolute atomic E-state index is 0. The summed E-state index contributed by atoms with van der Waals surface area (Å²) in [5, 5.41) is 0. The summed E-state index contributed by atoms with van der Waals surface area (Å²) < 4.78 is 4.94. The first-order chi connectivity index (χ1) is 6.43. The van der Waals surface area contributed by atoms with Gasteiger partial charge in [0.1, 0.15) is 0 Å². The number of benzene rings is 1. The van der Waals surface area contributed by atoms with Crippen LogP contribution in [0.25, 0.3) is 0 Å². The van der Waals surface area contributed by atoms with Crippen LogP contribution in [0.5, 0.6) is 0 Å². The third-order valence-corrected chi connectivity index (χ3v) is 1.96. The minimum Gasteiger partial charge on any atom is -1.00 e. The quantitative estimate of drug-likeness (QED) is 0.472. The second kappa shape index (κ2) is 12.3. The van der Waals surface area contributed by atoms with E-state index in [9.17, 15) is 0 Å².